The monoisotopic (exact) mass is 344 g/mol. The maximum absolute atomic E-state index is 11.8. The molecule has 0 aliphatic rings. The molecule has 2 aromatic rings. The predicted molar refractivity (Wildman–Crippen MR) is 89.4 cm³/mol. The Labute approximate surface area is 143 Å². The van der Waals surface area contributed by atoms with Crippen LogP contribution >= 0.6 is 11.3 Å². The molecular formula is C16H16N4O3S. The molecule has 0 aliphatic heterocycles. The van der Waals surface area contributed by atoms with Crippen LogP contribution in [0.2, 0.25) is 0 Å². The maximum atomic E-state index is 11.8. The third kappa shape index (κ3) is 5.70. The Morgan fingerprint density at radius 1 is 1.29 bits per heavy atom. The van der Waals surface area contributed by atoms with Gasteiger partial charge in [0, 0.05) is 18.5 Å². The number of carbonyl (C=O) groups is 2. The molecule has 0 spiro atoms. The number of esters is 1. The molecule has 0 saturated carbocycles. The van der Waals surface area contributed by atoms with E-state index in [1.165, 1.54) is 11.3 Å². The molecule has 0 saturated heterocycles. The first kappa shape index (κ1) is 17.4. The molecule has 2 N–H and O–H groups in total. The molecule has 2 rings (SSSR count). The second kappa shape index (κ2) is 9.27. The van der Waals surface area contributed by atoms with Crippen LogP contribution in [-0.2, 0) is 16.1 Å². The molecule has 0 fully saturated rings. The number of nitrogens with one attached hydrogen (secondary N) is 2. The first-order valence-electron chi connectivity index (χ1n) is 7.23. The molecule has 24 heavy (non-hydrogen) atoms. The summed E-state index contributed by atoms with van der Waals surface area (Å²) >= 11 is 1.29. The normalized spacial score (nSPS) is 9.79. The number of amides is 1. The van der Waals surface area contributed by atoms with Crippen molar-refractivity contribution in [1.29, 1.82) is 5.26 Å². The molecular weight excluding hydrogens is 328 g/mol. The Morgan fingerprint density at radius 3 is 2.83 bits per heavy atom. The molecule has 1 aromatic carbocycles. The van der Waals surface area contributed by atoms with Crippen molar-refractivity contribution in [3.05, 3.63) is 47.0 Å². The average Bonchev–Trinajstić information content (AvgIpc) is 3.08. The van der Waals surface area contributed by atoms with Crippen molar-refractivity contribution in [3.63, 3.8) is 0 Å². The minimum Gasteiger partial charge on any atom is -0.451 e. The first-order chi connectivity index (χ1) is 11.7. The number of nitriles is 1. The minimum absolute atomic E-state index is 0.153. The third-order valence-electron chi connectivity index (χ3n) is 2.89. The van der Waals surface area contributed by atoms with Crippen molar-refractivity contribution in [2.45, 2.75) is 13.0 Å². The van der Waals surface area contributed by atoms with Crippen molar-refractivity contribution < 1.29 is 14.3 Å². The second-order valence-corrected chi connectivity index (χ2v) is 5.57. The summed E-state index contributed by atoms with van der Waals surface area (Å²) in [4.78, 5) is 27.4. The lowest BCUT2D eigenvalue weighted by atomic mass is 10.2. The zero-order chi connectivity index (χ0) is 17.2. The van der Waals surface area contributed by atoms with Gasteiger partial charge in [-0.05, 0) is 5.56 Å². The number of hydrogen-bond acceptors (Lipinski definition) is 7. The fraction of sp³-hybridized carbons (Fsp3) is 0.250. The van der Waals surface area contributed by atoms with Crippen LogP contribution in [0, 0.1) is 11.3 Å². The van der Waals surface area contributed by atoms with E-state index in [4.69, 9.17) is 10.00 Å². The van der Waals surface area contributed by atoms with E-state index in [2.05, 4.69) is 15.6 Å². The predicted octanol–water partition coefficient (Wildman–Crippen LogP) is 1.94. The van der Waals surface area contributed by atoms with Crippen LogP contribution in [0.15, 0.2) is 35.7 Å². The number of anilines is 1. The molecule has 0 radical (unpaired) electrons. The molecule has 0 atom stereocenters. The Morgan fingerprint density at radius 2 is 2.08 bits per heavy atom. The Kier molecular flexibility index (Phi) is 6.73. The first-order valence-corrected chi connectivity index (χ1v) is 8.11. The topological polar surface area (TPSA) is 104 Å². The van der Waals surface area contributed by atoms with Gasteiger partial charge in [-0.25, -0.2) is 9.78 Å². The Bertz CT molecular complexity index is 724. The lowest BCUT2D eigenvalue weighted by Crippen LogP contribution is -2.29. The van der Waals surface area contributed by atoms with E-state index in [0.717, 1.165) is 5.56 Å². The van der Waals surface area contributed by atoms with E-state index in [9.17, 15) is 9.59 Å². The number of rotatable bonds is 8. The van der Waals surface area contributed by atoms with E-state index >= 15 is 0 Å². The molecule has 7 nitrogen and oxygen atoms in total. The fourth-order valence-electron chi connectivity index (χ4n) is 1.74. The minimum atomic E-state index is -0.658. The van der Waals surface area contributed by atoms with Gasteiger partial charge in [0.25, 0.3) is 5.91 Å². The van der Waals surface area contributed by atoms with Gasteiger partial charge in [-0.1, -0.05) is 30.3 Å². The van der Waals surface area contributed by atoms with Crippen LogP contribution in [0.1, 0.15) is 22.5 Å². The van der Waals surface area contributed by atoms with E-state index in [-0.39, 0.29) is 18.7 Å². The van der Waals surface area contributed by atoms with Crippen LogP contribution in [0.3, 0.4) is 0 Å². The Hall–Kier alpha value is -2.92. The van der Waals surface area contributed by atoms with Crippen molar-refractivity contribution in [1.82, 2.24) is 10.3 Å². The van der Waals surface area contributed by atoms with E-state index in [1.54, 1.807) is 5.38 Å². The molecule has 124 valence electrons. The number of aromatic nitrogens is 1. The van der Waals surface area contributed by atoms with Gasteiger partial charge in [0.15, 0.2) is 17.4 Å². The van der Waals surface area contributed by atoms with Crippen LogP contribution in [0.5, 0.6) is 0 Å². The van der Waals surface area contributed by atoms with Gasteiger partial charge in [-0.3, -0.25) is 4.79 Å². The molecule has 0 aliphatic carbocycles. The van der Waals surface area contributed by atoms with Gasteiger partial charge in [0.1, 0.15) is 0 Å². The summed E-state index contributed by atoms with van der Waals surface area (Å²) in [6.45, 7) is 0.440. The molecule has 0 bridgehead atoms. The van der Waals surface area contributed by atoms with Gasteiger partial charge in [0.2, 0.25) is 0 Å². The highest BCUT2D eigenvalue weighted by molar-refractivity contribution is 7.13. The summed E-state index contributed by atoms with van der Waals surface area (Å²) in [5.41, 5.74) is 1.26. The molecule has 8 heteroatoms. The van der Waals surface area contributed by atoms with Gasteiger partial charge < -0.3 is 15.4 Å². The molecule has 1 aromatic heterocycles. The standard InChI is InChI=1S/C16H16N4O3S/c17-7-4-8-18-14(21)10-23-15(22)13-11-24-16(20-13)19-9-12-5-2-1-3-6-12/h1-3,5-6,11H,4,8-10H2,(H,18,21)(H,19,20). The van der Waals surface area contributed by atoms with E-state index in [0.29, 0.717) is 11.7 Å². The van der Waals surface area contributed by atoms with E-state index in [1.807, 2.05) is 36.4 Å². The van der Waals surface area contributed by atoms with Crippen molar-refractivity contribution in [2.24, 2.45) is 0 Å². The number of hydrogen-bond donors (Lipinski definition) is 2. The Balaban J connectivity index is 1.76. The highest BCUT2D eigenvalue weighted by atomic mass is 32.1. The summed E-state index contributed by atoms with van der Waals surface area (Å²) in [6.07, 6.45) is 0.211. The van der Waals surface area contributed by atoms with Crippen LogP contribution in [0.4, 0.5) is 5.13 Å². The lowest BCUT2D eigenvalue weighted by Gasteiger charge is -2.04. The fourth-order valence-corrected chi connectivity index (χ4v) is 2.41. The van der Waals surface area contributed by atoms with Crippen molar-refractivity contribution in [3.8, 4) is 6.07 Å². The summed E-state index contributed by atoms with van der Waals surface area (Å²) in [5, 5.41) is 16.1. The highest BCUT2D eigenvalue weighted by Gasteiger charge is 2.14. The zero-order valence-electron chi connectivity index (χ0n) is 12.8. The average molecular weight is 344 g/mol. The molecule has 0 unspecified atom stereocenters. The van der Waals surface area contributed by atoms with Crippen molar-refractivity contribution in [2.75, 3.05) is 18.5 Å². The quantitative estimate of drug-likeness (QED) is 0.560. The van der Waals surface area contributed by atoms with Crippen LogP contribution in [0.25, 0.3) is 0 Å². The van der Waals surface area contributed by atoms with Gasteiger partial charge in [-0.15, -0.1) is 11.3 Å². The summed E-state index contributed by atoms with van der Waals surface area (Å²) in [6, 6.07) is 11.7. The number of benzene rings is 1. The number of ether oxygens (including phenoxy) is 1. The van der Waals surface area contributed by atoms with Crippen molar-refractivity contribution >= 4 is 28.3 Å². The SMILES string of the molecule is N#CCCNC(=O)COC(=O)c1csc(NCc2ccccc2)n1. The van der Waals surface area contributed by atoms with Crippen LogP contribution < -0.4 is 10.6 Å². The third-order valence-corrected chi connectivity index (χ3v) is 3.69. The lowest BCUT2D eigenvalue weighted by molar-refractivity contribution is -0.124. The zero-order valence-corrected chi connectivity index (χ0v) is 13.6. The maximum Gasteiger partial charge on any atom is 0.358 e. The summed E-state index contributed by atoms with van der Waals surface area (Å²) < 4.78 is 4.88. The number of thiazole rings is 1. The largest absolute Gasteiger partial charge is 0.451 e. The van der Waals surface area contributed by atoms with Gasteiger partial charge in [-0.2, -0.15) is 5.26 Å². The molecule has 1 amide bonds. The summed E-state index contributed by atoms with van der Waals surface area (Å²) in [7, 11) is 0. The van der Waals surface area contributed by atoms with E-state index < -0.39 is 18.5 Å². The number of carbonyl (C=O) groups excluding carboxylic acids is 2. The smallest absolute Gasteiger partial charge is 0.358 e. The highest BCUT2D eigenvalue weighted by Crippen LogP contribution is 2.17. The second-order valence-electron chi connectivity index (χ2n) is 4.71. The molecule has 1 heterocycles. The summed E-state index contributed by atoms with van der Waals surface area (Å²) in [5.74, 6) is -1.11. The number of nitrogens with zero attached hydrogens (tertiary/aromatic N) is 2. The van der Waals surface area contributed by atoms with Crippen LogP contribution in [-0.4, -0.2) is 30.0 Å². The van der Waals surface area contributed by atoms with Gasteiger partial charge in [0.05, 0.1) is 12.5 Å². The van der Waals surface area contributed by atoms with Gasteiger partial charge >= 0.3 is 5.97 Å².